The second-order valence-electron chi connectivity index (χ2n) is 10.0. The number of unbranched alkanes of at least 4 members (excludes halogenated alkanes) is 1. The maximum Gasteiger partial charge on any atom is 0.301 e. The summed E-state index contributed by atoms with van der Waals surface area (Å²) in [5.41, 5.74) is 2.38. The number of nitrogens with zero attached hydrogens (tertiary/aromatic N) is 2. The highest BCUT2D eigenvalue weighted by molar-refractivity contribution is 7.22. The summed E-state index contributed by atoms with van der Waals surface area (Å²) in [5.74, 6) is -1.02. The van der Waals surface area contributed by atoms with Crippen molar-refractivity contribution in [2.45, 2.75) is 45.3 Å². The number of hydrogen-bond donors (Lipinski definition) is 1. The Hall–Kier alpha value is -4.24. The van der Waals surface area contributed by atoms with Gasteiger partial charge in [0.25, 0.3) is 5.78 Å². The third kappa shape index (κ3) is 4.60. The Labute approximate surface area is 234 Å². The number of rotatable bonds is 7. The van der Waals surface area contributed by atoms with Gasteiger partial charge in [-0.25, -0.2) is 9.37 Å². The molecule has 2 aliphatic heterocycles. The second-order valence-corrected chi connectivity index (χ2v) is 11.0. The zero-order chi connectivity index (χ0) is 28.0. The maximum absolute atomic E-state index is 13.9. The summed E-state index contributed by atoms with van der Waals surface area (Å²) in [6.45, 7) is 4.56. The van der Waals surface area contributed by atoms with Crippen LogP contribution in [0.5, 0.6) is 11.5 Å². The van der Waals surface area contributed by atoms with E-state index >= 15 is 0 Å². The van der Waals surface area contributed by atoms with E-state index in [0.717, 1.165) is 35.5 Å². The number of Topliss-reactive ketones (excluding diaryl/α,β-unsaturated/α-hetero) is 1. The maximum atomic E-state index is 13.9. The Morgan fingerprint density at radius 2 is 2.02 bits per heavy atom. The van der Waals surface area contributed by atoms with E-state index in [1.807, 2.05) is 13.0 Å². The zero-order valence-electron chi connectivity index (χ0n) is 22.0. The van der Waals surface area contributed by atoms with Crippen LogP contribution < -0.4 is 14.4 Å². The van der Waals surface area contributed by atoms with Crippen LogP contribution >= 0.6 is 11.3 Å². The second kappa shape index (κ2) is 10.4. The number of fused-ring (bicyclic) bond motifs is 2. The molecule has 0 radical (unpaired) electrons. The molecule has 7 nitrogen and oxygen atoms in total. The molecule has 204 valence electrons. The smallest absolute Gasteiger partial charge is 0.301 e. The Kier molecular flexibility index (Phi) is 6.75. The lowest BCUT2D eigenvalue weighted by Gasteiger charge is -2.23. The van der Waals surface area contributed by atoms with Crippen LogP contribution in [0.15, 0.2) is 66.2 Å². The van der Waals surface area contributed by atoms with Crippen molar-refractivity contribution in [1.29, 1.82) is 0 Å². The van der Waals surface area contributed by atoms with Crippen LogP contribution in [-0.2, 0) is 16.0 Å². The highest BCUT2D eigenvalue weighted by Gasteiger charge is 2.48. The summed E-state index contributed by atoms with van der Waals surface area (Å²) in [4.78, 5) is 33.0. The summed E-state index contributed by atoms with van der Waals surface area (Å²) in [6, 6.07) is 15.6. The zero-order valence-corrected chi connectivity index (χ0v) is 22.8. The van der Waals surface area contributed by atoms with Crippen LogP contribution in [0.25, 0.3) is 16.0 Å². The number of ketones is 1. The molecule has 1 fully saturated rings. The van der Waals surface area contributed by atoms with Crippen molar-refractivity contribution in [3.8, 4) is 11.5 Å². The number of carbonyl (C=O) groups is 2. The van der Waals surface area contributed by atoms with E-state index in [4.69, 9.17) is 9.47 Å². The van der Waals surface area contributed by atoms with Gasteiger partial charge in [0.05, 0.1) is 28.4 Å². The van der Waals surface area contributed by atoms with Crippen LogP contribution in [0, 0.1) is 5.82 Å². The van der Waals surface area contributed by atoms with Crippen LogP contribution in [0.1, 0.15) is 49.4 Å². The van der Waals surface area contributed by atoms with Gasteiger partial charge in [0.15, 0.2) is 5.13 Å². The molecular weight excluding hydrogens is 531 g/mol. The predicted octanol–water partition coefficient (Wildman–Crippen LogP) is 6.56. The van der Waals surface area contributed by atoms with Crippen molar-refractivity contribution >= 4 is 44.1 Å². The monoisotopic (exact) mass is 558 g/mol. The molecule has 9 heteroatoms. The van der Waals surface area contributed by atoms with Gasteiger partial charge in [-0.1, -0.05) is 36.8 Å². The normalized spacial score (nSPS) is 19.7. The summed E-state index contributed by atoms with van der Waals surface area (Å²) >= 11 is 1.11. The molecule has 2 aliphatic rings. The summed E-state index contributed by atoms with van der Waals surface area (Å²) < 4.78 is 26.2. The van der Waals surface area contributed by atoms with Gasteiger partial charge in [0.2, 0.25) is 0 Å². The molecule has 3 aromatic carbocycles. The third-order valence-electron chi connectivity index (χ3n) is 7.10. The minimum atomic E-state index is -0.969. The Morgan fingerprint density at radius 1 is 1.18 bits per heavy atom. The number of anilines is 1. The van der Waals surface area contributed by atoms with E-state index in [9.17, 15) is 19.1 Å². The number of aliphatic hydroxyl groups is 1. The van der Waals surface area contributed by atoms with Crippen molar-refractivity contribution in [2.24, 2.45) is 0 Å². The van der Waals surface area contributed by atoms with Crippen LogP contribution in [0.4, 0.5) is 9.52 Å². The summed E-state index contributed by atoms with van der Waals surface area (Å²) in [6.07, 6.45) is 2.54. The van der Waals surface area contributed by atoms with E-state index in [-0.39, 0.29) is 22.6 Å². The Bertz CT molecular complexity index is 1680. The van der Waals surface area contributed by atoms with Crippen molar-refractivity contribution in [3.05, 3.63) is 88.7 Å². The number of carbonyl (C=O) groups excluding carboxylic acids is 2. The van der Waals surface area contributed by atoms with Gasteiger partial charge in [0.1, 0.15) is 29.2 Å². The first kappa shape index (κ1) is 26.0. The molecule has 6 rings (SSSR count). The summed E-state index contributed by atoms with van der Waals surface area (Å²) in [5, 5.41) is 11.8. The van der Waals surface area contributed by atoms with Gasteiger partial charge in [-0.15, -0.1) is 0 Å². The number of thiazole rings is 1. The van der Waals surface area contributed by atoms with Crippen LogP contribution in [0.3, 0.4) is 0 Å². The topological polar surface area (TPSA) is 89.0 Å². The average molecular weight is 559 g/mol. The molecule has 2 atom stereocenters. The molecular formula is C31H27FN2O5S. The Morgan fingerprint density at radius 3 is 2.85 bits per heavy atom. The fourth-order valence-electron chi connectivity index (χ4n) is 5.17. The molecule has 0 aliphatic carbocycles. The van der Waals surface area contributed by atoms with Gasteiger partial charge in [-0.05, 0) is 73.0 Å². The lowest BCUT2D eigenvalue weighted by Crippen LogP contribution is -2.29. The molecule has 4 aromatic rings. The van der Waals surface area contributed by atoms with Gasteiger partial charge in [-0.3, -0.25) is 14.5 Å². The standard InChI is InChI=1S/C31H27FN2O5S/c1-3-4-12-38-22-7-5-6-18(15-22)27-26(28(35)19-8-11-24-20(14-19)13-17(2)39-24)29(36)30(37)34(27)31-33-23-10-9-21(32)16-25(23)40-31/h5-11,14-17,27,35H,3-4,12-13H2,1-2H3/b28-26+/t17-,27+/m0/s1. The van der Waals surface area contributed by atoms with E-state index in [1.54, 1.807) is 36.4 Å². The fourth-order valence-corrected chi connectivity index (χ4v) is 6.19. The predicted molar refractivity (Wildman–Crippen MR) is 151 cm³/mol. The minimum absolute atomic E-state index is 0.0114. The first-order valence-electron chi connectivity index (χ1n) is 13.2. The van der Waals surface area contributed by atoms with E-state index in [0.29, 0.717) is 40.1 Å². The highest BCUT2D eigenvalue weighted by Crippen LogP contribution is 2.45. The third-order valence-corrected chi connectivity index (χ3v) is 8.12. The van der Waals surface area contributed by atoms with Gasteiger partial charge in [-0.2, -0.15) is 0 Å². The van der Waals surface area contributed by atoms with Gasteiger partial charge in [0, 0.05) is 12.0 Å². The number of amides is 1. The quantitative estimate of drug-likeness (QED) is 0.120. The summed E-state index contributed by atoms with van der Waals surface area (Å²) in [7, 11) is 0. The molecule has 1 saturated heterocycles. The minimum Gasteiger partial charge on any atom is -0.507 e. The lowest BCUT2D eigenvalue weighted by atomic mass is 9.94. The molecule has 0 bridgehead atoms. The van der Waals surface area contributed by atoms with Crippen molar-refractivity contribution in [3.63, 3.8) is 0 Å². The first-order valence-corrected chi connectivity index (χ1v) is 14.1. The Balaban J connectivity index is 1.50. The van der Waals surface area contributed by atoms with E-state index in [1.165, 1.54) is 23.1 Å². The molecule has 1 aromatic heterocycles. The van der Waals surface area contributed by atoms with Crippen molar-refractivity contribution in [2.75, 3.05) is 11.5 Å². The molecule has 1 N–H and O–H groups in total. The van der Waals surface area contributed by atoms with Crippen molar-refractivity contribution < 1.29 is 28.6 Å². The fraction of sp³-hybridized carbons (Fsp3) is 0.258. The highest BCUT2D eigenvalue weighted by atomic mass is 32.1. The number of aliphatic hydroxyl groups excluding tert-OH is 1. The first-order chi connectivity index (χ1) is 19.3. The van der Waals surface area contributed by atoms with Crippen LogP contribution in [0.2, 0.25) is 0 Å². The number of hydrogen-bond acceptors (Lipinski definition) is 7. The molecule has 0 unspecified atom stereocenters. The number of benzene rings is 3. The lowest BCUT2D eigenvalue weighted by molar-refractivity contribution is -0.132. The van der Waals surface area contributed by atoms with Gasteiger partial charge < -0.3 is 14.6 Å². The molecule has 0 spiro atoms. The van der Waals surface area contributed by atoms with E-state index < -0.39 is 23.5 Å². The average Bonchev–Trinajstić information content (AvgIpc) is 3.60. The SMILES string of the molecule is CCCCOc1cccc([C@@H]2/C(=C(\O)c3ccc4c(c3)C[C@H](C)O4)C(=O)C(=O)N2c2nc3ccc(F)cc3s2)c1. The van der Waals surface area contributed by atoms with Crippen molar-refractivity contribution in [1.82, 2.24) is 4.98 Å². The van der Waals surface area contributed by atoms with E-state index in [2.05, 4.69) is 11.9 Å². The van der Waals surface area contributed by atoms with Crippen LogP contribution in [-0.4, -0.2) is 34.5 Å². The van der Waals surface area contributed by atoms with Gasteiger partial charge >= 0.3 is 5.91 Å². The molecule has 3 heterocycles. The number of halogens is 1. The number of ether oxygens (including phenoxy) is 2. The molecule has 0 saturated carbocycles. The molecule has 40 heavy (non-hydrogen) atoms. The number of aromatic nitrogens is 1. The largest absolute Gasteiger partial charge is 0.507 e. The molecule has 1 amide bonds.